The molecular weight excluding hydrogens is 254 g/mol. The van der Waals surface area contributed by atoms with E-state index in [1.165, 1.54) is 6.42 Å². The molecule has 0 radical (unpaired) electrons. The van der Waals surface area contributed by atoms with Gasteiger partial charge in [0.05, 0.1) is 5.69 Å². The number of hydrogen-bond donors (Lipinski definition) is 1. The van der Waals surface area contributed by atoms with Crippen LogP contribution in [-0.2, 0) is 7.05 Å². The van der Waals surface area contributed by atoms with Crippen LogP contribution in [0.5, 0.6) is 0 Å². The Morgan fingerprint density at radius 3 is 2.65 bits per heavy atom. The monoisotopic (exact) mass is 279 g/mol. The van der Waals surface area contributed by atoms with E-state index in [0.717, 1.165) is 37.7 Å². The minimum Gasteiger partial charge on any atom is -0.477 e. The fourth-order valence-electron chi connectivity index (χ4n) is 3.26. The standard InChI is InChI=1S/C15H25N3O2/c1-10(2)12-6-5-8-18(9-7-12)14-13(15(19)20)11(3)16-17(14)4/h10,12H,5-9H2,1-4H3,(H,19,20). The Balaban J connectivity index is 2.26. The molecule has 1 aromatic heterocycles. The summed E-state index contributed by atoms with van der Waals surface area (Å²) in [5.74, 6) is 1.32. The van der Waals surface area contributed by atoms with Gasteiger partial charge in [-0.05, 0) is 38.0 Å². The van der Waals surface area contributed by atoms with Crippen LogP contribution < -0.4 is 4.90 Å². The summed E-state index contributed by atoms with van der Waals surface area (Å²) in [7, 11) is 1.83. The summed E-state index contributed by atoms with van der Waals surface area (Å²) in [5.41, 5.74) is 0.954. The predicted molar refractivity (Wildman–Crippen MR) is 79.3 cm³/mol. The Bertz CT molecular complexity index is 494. The number of aromatic carboxylic acids is 1. The molecule has 0 saturated carbocycles. The van der Waals surface area contributed by atoms with E-state index in [0.29, 0.717) is 17.2 Å². The minimum atomic E-state index is -0.879. The average Bonchev–Trinajstić information content (AvgIpc) is 2.54. The highest BCUT2D eigenvalue weighted by Crippen LogP contribution is 2.29. The third-order valence-electron chi connectivity index (χ3n) is 4.42. The Kier molecular flexibility index (Phi) is 4.35. The molecular formula is C15H25N3O2. The molecule has 0 aliphatic carbocycles. The highest BCUT2D eigenvalue weighted by atomic mass is 16.4. The van der Waals surface area contributed by atoms with E-state index < -0.39 is 5.97 Å². The normalized spacial score (nSPS) is 20.2. The number of carboxylic acids is 1. The zero-order chi connectivity index (χ0) is 14.9. The summed E-state index contributed by atoms with van der Waals surface area (Å²) >= 11 is 0. The van der Waals surface area contributed by atoms with Gasteiger partial charge in [0.15, 0.2) is 0 Å². The number of rotatable bonds is 3. The van der Waals surface area contributed by atoms with Crippen LogP contribution in [0.2, 0.25) is 0 Å². The fraction of sp³-hybridized carbons (Fsp3) is 0.733. The lowest BCUT2D eigenvalue weighted by Crippen LogP contribution is -2.28. The maximum absolute atomic E-state index is 11.5. The molecule has 20 heavy (non-hydrogen) atoms. The van der Waals surface area contributed by atoms with Gasteiger partial charge in [0.2, 0.25) is 0 Å². The highest BCUT2D eigenvalue weighted by Gasteiger charge is 2.27. The number of carbonyl (C=O) groups is 1. The highest BCUT2D eigenvalue weighted by molar-refractivity contribution is 5.94. The second kappa shape index (κ2) is 5.85. The summed E-state index contributed by atoms with van der Waals surface area (Å²) in [6.07, 6.45) is 3.47. The number of aromatic nitrogens is 2. The molecule has 1 aliphatic heterocycles. The van der Waals surface area contributed by atoms with Crippen molar-refractivity contribution in [1.29, 1.82) is 0 Å². The van der Waals surface area contributed by atoms with Crippen LogP contribution in [0.15, 0.2) is 0 Å². The summed E-state index contributed by atoms with van der Waals surface area (Å²) in [5, 5.41) is 13.7. The molecule has 2 heterocycles. The van der Waals surface area contributed by atoms with Gasteiger partial charge in [-0.25, -0.2) is 4.79 Å². The molecule has 0 bridgehead atoms. The number of nitrogens with zero attached hydrogens (tertiary/aromatic N) is 3. The van der Waals surface area contributed by atoms with E-state index in [9.17, 15) is 9.90 Å². The summed E-state index contributed by atoms with van der Waals surface area (Å²) in [6, 6.07) is 0. The van der Waals surface area contributed by atoms with E-state index >= 15 is 0 Å². The second-order valence-electron chi connectivity index (χ2n) is 6.13. The Hall–Kier alpha value is -1.52. The van der Waals surface area contributed by atoms with Crippen LogP contribution in [0.4, 0.5) is 5.82 Å². The molecule has 1 unspecified atom stereocenters. The zero-order valence-corrected chi connectivity index (χ0v) is 12.9. The molecule has 1 aliphatic rings. The third kappa shape index (κ3) is 2.81. The average molecular weight is 279 g/mol. The van der Waals surface area contributed by atoms with Crippen molar-refractivity contribution in [1.82, 2.24) is 9.78 Å². The lowest BCUT2D eigenvalue weighted by molar-refractivity contribution is 0.0696. The van der Waals surface area contributed by atoms with Gasteiger partial charge >= 0.3 is 5.97 Å². The number of anilines is 1. The maximum atomic E-state index is 11.5. The molecule has 5 nitrogen and oxygen atoms in total. The van der Waals surface area contributed by atoms with Crippen LogP contribution in [0.3, 0.4) is 0 Å². The van der Waals surface area contributed by atoms with Crippen LogP contribution >= 0.6 is 0 Å². The van der Waals surface area contributed by atoms with Gasteiger partial charge in [0.25, 0.3) is 0 Å². The first-order valence-corrected chi connectivity index (χ1v) is 7.43. The largest absolute Gasteiger partial charge is 0.477 e. The maximum Gasteiger partial charge on any atom is 0.341 e. The van der Waals surface area contributed by atoms with E-state index in [2.05, 4.69) is 23.8 Å². The van der Waals surface area contributed by atoms with Crippen LogP contribution in [0.1, 0.15) is 49.2 Å². The molecule has 0 amide bonds. The SMILES string of the molecule is Cc1nn(C)c(N2CCCC(C(C)C)CC2)c1C(=O)O. The molecule has 1 N–H and O–H groups in total. The van der Waals surface area contributed by atoms with Crippen LogP contribution in [0.25, 0.3) is 0 Å². The molecule has 0 spiro atoms. The molecule has 1 atom stereocenters. The van der Waals surface area contributed by atoms with Gasteiger partial charge in [-0.15, -0.1) is 0 Å². The lowest BCUT2D eigenvalue weighted by atomic mass is 9.89. The predicted octanol–water partition coefficient (Wildman–Crippen LogP) is 2.69. The zero-order valence-electron chi connectivity index (χ0n) is 12.9. The van der Waals surface area contributed by atoms with Crippen molar-refractivity contribution in [2.45, 2.75) is 40.0 Å². The van der Waals surface area contributed by atoms with Crippen LogP contribution in [-0.4, -0.2) is 33.9 Å². The minimum absolute atomic E-state index is 0.357. The fourth-order valence-corrected chi connectivity index (χ4v) is 3.26. The molecule has 1 fully saturated rings. The van der Waals surface area contributed by atoms with Crippen molar-refractivity contribution in [2.24, 2.45) is 18.9 Å². The quantitative estimate of drug-likeness (QED) is 0.924. The topological polar surface area (TPSA) is 58.4 Å². The molecule has 0 aromatic carbocycles. The number of carboxylic acid groups (broad SMARTS) is 1. The van der Waals surface area contributed by atoms with Gasteiger partial charge < -0.3 is 10.0 Å². The molecule has 112 valence electrons. The van der Waals surface area contributed by atoms with E-state index in [4.69, 9.17) is 0 Å². The smallest absolute Gasteiger partial charge is 0.341 e. The molecule has 2 rings (SSSR count). The van der Waals surface area contributed by atoms with Crippen LogP contribution in [0, 0.1) is 18.8 Å². The molecule has 5 heteroatoms. The van der Waals surface area contributed by atoms with Gasteiger partial charge in [-0.2, -0.15) is 5.10 Å². The number of hydrogen-bond acceptors (Lipinski definition) is 3. The summed E-state index contributed by atoms with van der Waals surface area (Å²) < 4.78 is 1.72. The Morgan fingerprint density at radius 1 is 1.35 bits per heavy atom. The Labute approximate surface area is 120 Å². The van der Waals surface area contributed by atoms with Crippen molar-refractivity contribution in [3.05, 3.63) is 11.3 Å². The van der Waals surface area contributed by atoms with Gasteiger partial charge in [0, 0.05) is 20.1 Å². The molecule has 1 aromatic rings. The first-order chi connectivity index (χ1) is 9.41. The van der Waals surface area contributed by atoms with Crippen molar-refractivity contribution >= 4 is 11.8 Å². The lowest BCUT2D eigenvalue weighted by Gasteiger charge is -2.24. The third-order valence-corrected chi connectivity index (χ3v) is 4.42. The van der Waals surface area contributed by atoms with Crippen molar-refractivity contribution in [3.63, 3.8) is 0 Å². The van der Waals surface area contributed by atoms with Crippen molar-refractivity contribution in [2.75, 3.05) is 18.0 Å². The van der Waals surface area contributed by atoms with Gasteiger partial charge in [-0.1, -0.05) is 13.8 Å². The van der Waals surface area contributed by atoms with E-state index in [-0.39, 0.29) is 0 Å². The molecule has 1 saturated heterocycles. The second-order valence-corrected chi connectivity index (χ2v) is 6.13. The van der Waals surface area contributed by atoms with Gasteiger partial charge in [0.1, 0.15) is 11.4 Å². The van der Waals surface area contributed by atoms with Gasteiger partial charge in [-0.3, -0.25) is 4.68 Å². The first kappa shape index (κ1) is 14.9. The number of aryl methyl sites for hydroxylation is 2. The van der Waals surface area contributed by atoms with Crippen molar-refractivity contribution in [3.8, 4) is 0 Å². The first-order valence-electron chi connectivity index (χ1n) is 7.43. The Morgan fingerprint density at radius 2 is 2.05 bits per heavy atom. The van der Waals surface area contributed by atoms with Crippen molar-refractivity contribution < 1.29 is 9.90 Å². The van der Waals surface area contributed by atoms with E-state index in [1.54, 1.807) is 11.6 Å². The summed E-state index contributed by atoms with van der Waals surface area (Å²) in [6.45, 7) is 8.15. The van der Waals surface area contributed by atoms with E-state index in [1.807, 2.05) is 7.05 Å². The summed E-state index contributed by atoms with van der Waals surface area (Å²) in [4.78, 5) is 13.7.